The first-order chi connectivity index (χ1) is 6.29. The Morgan fingerprint density at radius 2 is 2.46 bits per heavy atom. The number of aromatic nitrogens is 1. The Kier molecular flexibility index (Phi) is 2.62. The van der Waals surface area contributed by atoms with Crippen LogP contribution in [0.25, 0.3) is 0 Å². The number of aliphatic hydroxyl groups excluding tert-OH is 1. The molecule has 0 unspecified atom stereocenters. The lowest BCUT2D eigenvalue weighted by Crippen LogP contribution is -2.47. The van der Waals surface area contributed by atoms with E-state index in [1.807, 2.05) is 5.51 Å². The molecule has 4 heteroatoms. The third-order valence-electron chi connectivity index (χ3n) is 2.50. The number of nitrogens with zero attached hydrogens (tertiary/aromatic N) is 2. The zero-order chi connectivity index (χ0) is 9.26. The standard InChI is InChI=1S/C9H14N2OS/c1-7-9(13-6-10-7)4-11-2-8(3-11)5-12/h6,8,12H,2-5H2,1H3. The van der Waals surface area contributed by atoms with Crippen molar-refractivity contribution in [1.82, 2.24) is 9.88 Å². The number of aliphatic hydroxyl groups is 1. The van der Waals surface area contributed by atoms with Gasteiger partial charge in [-0.1, -0.05) is 0 Å². The Hall–Kier alpha value is -0.450. The molecule has 1 N–H and O–H groups in total. The van der Waals surface area contributed by atoms with E-state index < -0.39 is 0 Å². The third kappa shape index (κ3) is 1.90. The molecule has 3 nitrogen and oxygen atoms in total. The van der Waals surface area contributed by atoms with E-state index in [1.165, 1.54) is 4.88 Å². The van der Waals surface area contributed by atoms with Crippen LogP contribution in [-0.4, -0.2) is 34.7 Å². The molecule has 1 fully saturated rings. The molecule has 0 bridgehead atoms. The molecule has 0 aliphatic carbocycles. The molecule has 2 rings (SSSR count). The van der Waals surface area contributed by atoms with E-state index >= 15 is 0 Å². The topological polar surface area (TPSA) is 36.4 Å². The minimum Gasteiger partial charge on any atom is -0.396 e. The first-order valence-corrected chi connectivity index (χ1v) is 5.39. The highest BCUT2D eigenvalue weighted by Gasteiger charge is 2.26. The average molecular weight is 198 g/mol. The minimum atomic E-state index is 0.332. The highest BCUT2D eigenvalue weighted by atomic mass is 32.1. The molecule has 2 heterocycles. The number of hydrogen-bond donors (Lipinski definition) is 1. The van der Waals surface area contributed by atoms with Gasteiger partial charge in [-0.15, -0.1) is 11.3 Å². The first kappa shape index (κ1) is 9.12. The molecule has 0 amide bonds. The van der Waals surface area contributed by atoms with Gasteiger partial charge in [0.1, 0.15) is 0 Å². The van der Waals surface area contributed by atoms with Crippen LogP contribution < -0.4 is 0 Å². The van der Waals surface area contributed by atoms with E-state index in [1.54, 1.807) is 11.3 Å². The molecule has 0 spiro atoms. The van der Waals surface area contributed by atoms with E-state index in [-0.39, 0.29) is 0 Å². The van der Waals surface area contributed by atoms with Gasteiger partial charge in [-0.3, -0.25) is 4.90 Å². The summed E-state index contributed by atoms with van der Waals surface area (Å²) < 4.78 is 0. The van der Waals surface area contributed by atoms with Crippen molar-refractivity contribution in [2.45, 2.75) is 13.5 Å². The zero-order valence-electron chi connectivity index (χ0n) is 7.73. The van der Waals surface area contributed by atoms with Crippen molar-refractivity contribution in [3.05, 3.63) is 16.1 Å². The second-order valence-electron chi connectivity index (χ2n) is 3.60. The van der Waals surface area contributed by atoms with Crippen LogP contribution in [0.15, 0.2) is 5.51 Å². The third-order valence-corrected chi connectivity index (χ3v) is 3.42. The largest absolute Gasteiger partial charge is 0.396 e. The van der Waals surface area contributed by atoms with Crippen molar-refractivity contribution in [2.75, 3.05) is 19.7 Å². The van der Waals surface area contributed by atoms with Crippen molar-refractivity contribution >= 4 is 11.3 Å². The summed E-state index contributed by atoms with van der Waals surface area (Å²) >= 11 is 1.72. The molecule has 0 aromatic carbocycles. The predicted molar refractivity (Wildman–Crippen MR) is 52.7 cm³/mol. The van der Waals surface area contributed by atoms with Crippen molar-refractivity contribution in [2.24, 2.45) is 5.92 Å². The molecular formula is C9H14N2OS. The van der Waals surface area contributed by atoms with Gasteiger partial charge in [-0.05, 0) is 6.92 Å². The van der Waals surface area contributed by atoms with Crippen LogP contribution in [0.3, 0.4) is 0 Å². The number of thiazole rings is 1. The minimum absolute atomic E-state index is 0.332. The molecule has 0 radical (unpaired) electrons. The van der Waals surface area contributed by atoms with Gasteiger partial charge in [0.2, 0.25) is 0 Å². The number of hydrogen-bond acceptors (Lipinski definition) is 4. The Morgan fingerprint density at radius 1 is 1.69 bits per heavy atom. The Balaban J connectivity index is 1.84. The van der Waals surface area contributed by atoms with E-state index in [2.05, 4.69) is 16.8 Å². The summed E-state index contributed by atoms with van der Waals surface area (Å²) in [6.07, 6.45) is 0. The van der Waals surface area contributed by atoms with Gasteiger partial charge in [0.25, 0.3) is 0 Å². The number of rotatable bonds is 3. The molecule has 1 saturated heterocycles. The quantitative estimate of drug-likeness (QED) is 0.783. The number of aryl methyl sites for hydroxylation is 1. The van der Waals surface area contributed by atoms with E-state index in [9.17, 15) is 0 Å². The predicted octanol–water partition coefficient (Wildman–Crippen LogP) is 0.876. The fourth-order valence-electron chi connectivity index (χ4n) is 1.60. The second kappa shape index (κ2) is 3.74. The highest BCUT2D eigenvalue weighted by Crippen LogP contribution is 2.21. The maximum Gasteiger partial charge on any atom is 0.0798 e. The lowest BCUT2D eigenvalue weighted by atomic mass is 10.0. The van der Waals surface area contributed by atoms with Crippen LogP contribution in [0.5, 0.6) is 0 Å². The summed E-state index contributed by atoms with van der Waals surface area (Å²) in [7, 11) is 0. The van der Waals surface area contributed by atoms with Gasteiger partial charge >= 0.3 is 0 Å². The van der Waals surface area contributed by atoms with Gasteiger partial charge in [-0.2, -0.15) is 0 Å². The summed E-state index contributed by atoms with van der Waals surface area (Å²) in [6, 6.07) is 0. The van der Waals surface area contributed by atoms with Crippen molar-refractivity contribution in [3.63, 3.8) is 0 Å². The van der Waals surface area contributed by atoms with Crippen LogP contribution in [0.4, 0.5) is 0 Å². The molecule has 0 saturated carbocycles. The summed E-state index contributed by atoms with van der Waals surface area (Å²) in [6.45, 7) is 5.46. The summed E-state index contributed by atoms with van der Waals surface area (Å²) in [5.41, 5.74) is 3.05. The van der Waals surface area contributed by atoms with Crippen molar-refractivity contribution in [3.8, 4) is 0 Å². The number of likely N-dealkylation sites (tertiary alicyclic amines) is 1. The van der Waals surface area contributed by atoms with Crippen molar-refractivity contribution in [1.29, 1.82) is 0 Å². The summed E-state index contributed by atoms with van der Waals surface area (Å²) in [4.78, 5) is 7.92. The SMILES string of the molecule is Cc1ncsc1CN1CC(CO)C1. The smallest absolute Gasteiger partial charge is 0.0798 e. The molecular weight excluding hydrogens is 184 g/mol. The van der Waals surface area contributed by atoms with Crippen LogP contribution >= 0.6 is 11.3 Å². The molecule has 0 atom stereocenters. The van der Waals surface area contributed by atoms with Crippen LogP contribution in [0, 0.1) is 12.8 Å². The molecule has 1 aliphatic heterocycles. The fraction of sp³-hybridized carbons (Fsp3) is 0.667. The Labute approximate surface area is 82.0 Å². The highest BCUT2D eigenvalue weighted by molar-refractivity contribution is 7.09. The Bertz CT molecular complexity index is 281. The van der Waals surface area contributed by atoms with E-state index in [0.29, 0.717) is 12.5 Å². The molecule has 1 aromatic rings. The molecule has 13 heavy (non-hydrogen) atoms. The van der Waals surface area contributed by atoms with Gasteiger partial charge < -0.3 is 5.11 Å². The summed E-state index contributed by atoms with van der Waals surface area (Å²) in [5, 5.41) is 8.85. The maximum atomic E-state index is 8.85. The van der Waals surface area contributed by atoms with Crippen LogP contribution in [0.1, 0.15) is 10.6 Å². The molecule has 1 aliphatic rings. The average Bonchev–Trinajstić information content (AvgIpc) is 2.43. The zero-order valence-corrected chi connectivity index (χ0v) is 8.55. The van der Waals surface area contributed by atoms with Gasteiger partial charge in [0.05, 0.1) is 11.2 Å². The van der Waals surface area contributed by atoms with Crippen LogP contribution in [0.2, 0.25) is 0 Å². The van der Waals surface area contributed by atoms with E-state index in [0.717, 1.165) is 25.3 Å². The lowest BCUT2D eigenvalue weighted by molar-refractivity contribution is 0.0485. The normalized spacial score (nSPS) is 18.9. The summed E-state index contributed by atoms with van der Waals surface area (Å²) in [5.74, 6) is 0.508. The Morgan fingerprint density at radius 3 is 3.00 bits per heavy atom. The van der Waals surface area contributed by atoms with Gasteiger partial charge in [0.15, 0.2) is 0 Å². The molecule has 72 valence electrons. The second-order valence-corrected chi connectivity index (χ2v) is 4.54. The molecule has 1 aromatic heterocycles. The van der Waals surface area contributed by atoms with Crippen molar-refractivity contribution < 1.29 is 5.11 Å². The monoisotopic (exact) mass is 198 g/mol. The van der Waals surface area contributed by atoms with Gasteiger partial charge in [-0.25, -0.2) is 4.98 Å². The van der Waals surface area contributed by atoms with Crippen LogP contribution in [-0.2, 0) is 6.54 Å². The fourth-order valence-corrected chi connectivity index (χ4v) is 2.42. The lowest BCUT2D eigenvalue weighted by Gasteiger charge is -2.37. The first-order valence-electron chi connectivity index (χ1n) is 4.51. The van der Waals surface area contributed by atoms with Gasteiger partial charge in [0, 0.05) is 37.0 Å². The maximum absolute atomic E-state index is 8.85. The van der Waals surface area contributed by atoms with E-state index in [4.69, 9.17) is 5.11 Å².